The summed E-state index contributed by atoms with van der Waals surface area (Å²) in [6.07, 6.45) is 8.05. The number of rotatable bonds is 7. The molecule has 4 heteroatoms. The van der Waals surface area contributed by atoms with Crippen LogP contribution in [0.15, 0.2) is 6.20 Å². The second-order valence-corrected chi connectivity index (χ2v) is 5.74. The van der Waals surface area contributed by atoms with Crippen LogP contribution in [-0.4, -0.2) is 28.0 Å². The van der Waals surface area contributed by atoms with Gasteiger partial charge in [0.25, 0.3) is 0 Å². The molecule has 0 saturated heterocycles. The number of hydrogen-bond acceptors (Lipinski definition) is 3. The van der Waals surface area contributed by atoms with Gasteiger partial charge in [-0.3, -0.25) is 4.68 Å². The average molecular weight is 265 g/mol. The van der Waals surface area contributed by atoms with Crippen molar-refractivity contribution in [3.8, 4) is 0 Å². The fraction of sp³-hybridized carbons (Fsp3) is 0.800. The Bertz CT molecular complexity index is 389. The lowest BCUT2D eigenvalue weighted by Crippen LogP contribution is -2.29. The second-order valence-electron chi connectivity index (χ2n) is 5.74. The third-order valence-corrected chi connectivity index (χ3v) is 4.07. The number of fused-ring (bicyclic) bond motifs is 1. The zero-order chi connectivity index (χ0) is 13.7. The SMILES string of the molecule is CCCC(C)CNC1CCCc2c1cnn2CCO. The van der Waals surface area contributed by atoms with Crippen LogP contribution in [-0.2, 0) is 13.0 Å². The molecule has 19 heavy (non-hydrogen) atoms. The van der Waals surface area contributed by atoms with Crippen molar-refractivity contribution < 1.29 is 5.11 Å². The zero-order valence-electron chi connectivity index (χ0n) is 12.2. The number of aromatic nitrogens is 2. The predicted molar refractivity (Wildman–Crippen MR) is 77.1 cm³/mol. The molecule has 0 aliphatic heterocycles. The van der Waals surface area contributed by atoms with Gasteiger partial charge in [-0.1, -0.05) is 20.3 Å². The van der Waals surface area contributed by atoms with Gasteiger partial charge in [-0.25, -0.2) is 0 Å². The van der Waals surface area contributed by atoms with E-state index in [0.29, 0.717) is 12.6 Å². The minimum Gasteiger partial charge on any atom is -0.394 e. The molecule has 2 rings (SSSR count). The molecule has 2 N–H and O–H groups in total. The van der Waals surface area contributed by atoms with Gasteiger partial charge in [0.1, 0.15) is 0 Å². The van der Waals surface area contributed by atoms with Gasteiger partial charge in [0.05, 0.1) is 19.3 Å². The number of aliphatic hydroxyl groups excluding tert-OH is 1. The van der Waals surface area contributed by atoms with E-state index >= 15 is 0 Å². The molecular weight excluding hydrogens is 238 g/mol. The van der Waals surface area contributed by atoms with Gasteiger partial charge in [0.15, 0.2) is 0 Å². The van der Waals surface area contributed by atoms with Crippen LogP contribution in [0, 0.1) is 5.92 Å². The molecule has 2 atom stereocenters. The van der Waals surface area contributed by atoms with E-state index < -0.39 is 0 Å². The molecule has 2 unspecified atom stereocenters. The van der Waals surface area contributed by atoms with E-state index in [1.807, 2.05) is 10.9 Å². The van der Waals surface area contributed by atoms with E-state index in [0.717, 1.165) is 18.9 Å². The molecule has 0 aromatic carbocycles. The number of aliphatic hydroxyl groups is 1. The molecule has 0 fully saturated rings. The Morgan fingerprint density at radius 3 is 3.16 bits per heavy atom. The highest BCUT2D eigenvalue weighted by atomic mass is 16.3. The van der Waals surface area contributed by atoms with Gasteiger partial charge < -0.3 is 10.4 Å². The molecule has 1 aliphatic carbocycles. The summed E-state index contributed by atoms with van der Waals surface area (Å²) in [6.45, 7) is 6.43. The Labute approximate surface area is 116 Å². The van der Waals surface area contributed by atoms with E-state index in [-0.39, 0.29) is 6.61 Å². The Balaban J connectivity index is 1.98. The minimum atomic E-state index is 0.166. The van der Waals surface area contributed by atoms with Crippen LogP contribution in [0.25, 0.3) is 0 Å². The summed E-state index contributed by atoms with van der Waals surface area (Å²) >= 11 is 0. The fourth-order valence-corrected chi connectivity index (χ4v) is 3.06. The van der Waals surface area contributed by atoms with Crippen LogP contribution in [0.2, 0.25) is 0 Å². The highest BCUT2D eigenvalue weighted by molar-refractivity contribution is 5.24. The standard InChI is InChI=1S/C15H27N3O/c1-3-5-12(2)10-16-14-6-4-7-15-13(14)11-17-18(15)8-9-19/h11-12,14,16,19H,3-10H2,1-2H3. The Kier molecular flexibility index (Phi) is 5.40. The lowest BCUT2D eigenvalue weighted by Gasteiger charge is -2.25. The quantitative estimate of drug-likeness (QED) is 0.795. The molecule has 0 bridgehead atoms. The van der Waals surface area contributed by atoms with Crippen LogP contribution < -0.4 is 5.32 Å². The lowest BCUT2D eigenvalue weighted by atomic mass is 9.92. The normalized spacial score (nSPS) is 20.3. The highest BCUT2D eigenvalue weighted by Gasteiger charge is 2.23. The van der Waals surface area contributed by atoms with Crippen LogP contribution in [0.1, 0.15) is 56.8 Å². The van der Waals surface area contributed by atoms with Gasteiger partial charge in [-0.15, -0.1) is 0 Å². The van der Waals surface area contributed by atoms with Gasteiger partial charge in [-0.05, 0) is 38.1 Å². The van der Waals surface area contributed by atoms with E-state index in [2.05, 4.69) is 24.3 Å². The van der Waals surface area contributed by atoms with Crippen molar-refractivity contribution in [3.05, 3.63) is 17.5 Å². The van der Waals surface area contributed by atoms with Crippen molar-refractivity contribution in [2.45, 2.75) is 58.5 Å². The maximum Gasteiger partial charge on any atom is 0.0644 e. The molecular formula is C15H27N3O. The first-order valence-electron chi connectivity index (χ1n) is 7.65. The molecule has 1 aromatic heterocycles. The molecule has 0 saturated carbocycles. The molecule has 1 aliphatic rings. The van der Waals surface area contributed by atoms with E-state index in [1.165, 1.54) is 36.9 Å². The maximum atomic E-state index is 9.06. The number of nitrogens with one attached hydrogen (secondary N) is 1. The molecule has 0 amide bonds. The first kappa shape index (κ1) is 14.5. The monoisotopic (exact) mass is 265 g/mol. The van der Waals surface area contributed by atoms with E-state index in [4.69, 9.17) is 5.11 Å². The topological polar surface area (TPSA) is 50.1 Å². The van der Waals surface area contributed by atoms with Crippen LogP contribution >= 0.6 is 0 Å². The summed E-state index contributed by atoms with van der Waals surface area (Å²) in [6, 6.07) is 0.454. The largest absolute Gasteiger partial charge is 0.394 e. The maximum absolute atomic E-state index is 9.06. The summed E-state index contributed by atoms with van der Waals surface area (Å²) in [5, 5.41) is 17.2. The second kappa shape index (κ2) is 7.06. The Morgan fingerprint density at radius 2 is 2.42 bits per heavy atom. The molecule has 4 nitrogen and oxygen atoms in total. The summed E-state index contributed by atoms with van der Waals surface area (Å²) in [7, 11) is 0. The van der Waals surface area contributed by atoms with Crippen molar-refractivity contribution in [1.29, 1.82) is 0 Å². The fourth-order valence-electron chi connectivity index (χ4n) is 3.06. The van der Waals surface area contributed by atoms with Crippen LogP contribution in [0.5, 0.6) is 0 Å². The summed E-state index contributed by atoms with van der Waals surface area (Å²) < 4.78 is 1.97. The molecule has 0 spiro atoms. The number of nitrogens with zero attached hydrogens (tertiary/aromatic N) is 2. The predicted octanol–water partition coefficient (Wildman–Crippen LogP) is 2.28. The van der Waals surface area contributed by atoms with Crippen LogP contribution in [0.4, 0.5) is 0 Å². The van der Waals surface area contributed by atoms with Gasteiger partial charge in [-0.2, -0.15) is 5.10 Å². The van der Waals surface area contributed by atoms with Gasteiger partial charge in [0, 0.05) is 17.3 Å². The van der Waals surface area contributed by atoms with Gasteiger partial charge in [0.2, 0.25) is 0 Å². The van der Waals surface area contributed by atoms with Crippen LogP contribution in [0.3, 0.4) is 0 Å². The minimum absolute atomic E-state index is 0.166. The Hall–Kier alpha value is -0.870. The Morgan fingerprint density at radius 1 is 1.58 bits per heavy atom. The first-order valence-corrected chi connectivity index (χ1v) is 7.65. The van der Waals surface area contributed by atoms with Crippen molar-refractivity contribution in [2.75, 3.05) is 13.2 Å². The zero-order valence-corrected chi connectivity index (χ0v) is 12.2. The third kappa shape index (κ3) is 3.57. The molecule has 1 aromatic rings. The van der Waals surface area contributed by atoms with Crippen molar-refractivity contribution in [2.24, 2.45) is 5.92 Å². The van der Waals surface area contributed by atoms with Crippen molar-refractivity contribution in [1.82, 2.24) is 15.1 Å². The van der Waals surface area contributed by atoms with Crippen molar-refractivity contribution in [3.63, 3.8) is 0 Å². The summed E-state index contributed by atoms with van der Waals surface area (Å²) in [4.78, 5) is 0. The summed E-state index contributed by atoms with van der Waals surface area (Å²) in [5.41, 5.74) is 2.67. The molecule has 0 radical (unpaired) electrons. The lowest BCUT2D eigenvalue weighted by molar-refractivity contribution is 0.266. The smallest absolute Gasteiger partial charge is 0.0644 e. The first-order chi connectivity index (χ1) is 9.26. The average Bonchev–Trinajstić information content (AvgIpc) is 2.81. The van der Waals surface area contributed by atoms with E-state index in [9.17, 15) is 0 Å². The molecule has 108 valence electrons. The van der Waals surface area contributed by atoms with Crippen molar-refractivity contribution >= 4 is 0 Å². The van der Waals surface area contributed by atoms with E-state index in [1.54, 1.807) is 0 Å². The third-order valence-electron chi connectivity index (χ3n) is 4.07. The molecule has 1 heterocycles. The highest BCUT2D eigenvalue weighted by Crippen LogP contribution is 2.29. The summed E-state index contributed by atoms with van der Waals surface area (Å²) in [5.74, 6) is 0.739. The van der Waals surface area contributed by atoms with Gasteiger partial charge >= 0.3 is 0 Å². The number of hydrogen-bond donors (Lipinski definition) is 2.